The zero-order chi connectivity index (χ0) is 21.3. The van der Waals surface area contributed by atoms with E-state index in [9.17, 15) is 0 Å². The number of rotatable bonds is 5. The van der Waals surface area contributed by atoms with E-state index in [4.69, 9.17) is 13.6 Å². The molecule has 1 N–H and O–H groups in total. The van der Waals surface area contributed by atoms with Crippen LogP contribution in [0.1, 0.15) is 0 Å². The Balaban J connectivity index is 1.15. The fourth-order valence-corrected chi connectivity index (χ4v) is 7.16. The van der Waals surface area contributed by atoms with E-state index in [0.717, 1.165) is 27.9 Å². The van der Waals surface area contributed by atoms with Gasteiger partial charge in [-0.3, -0.25) is 5.09 Å². The van der Waals surface area contributed by atoms with Crippen molar-refractivity contribution in [1.29, 1.82) is 0 Å². The third-order valence-electron chi connectivity index (χ3n) is 5.51. The molecule has 2 aliphatic heterocycles. The summed E-state index contributed by atoms with van der Waals surface area (Å²) in [5.41, 5.74) is 4.70. The molecule has 0 saturated heterocycles. The Morgan fingerprint density at radius 1 is 0.594 bits per heavy atom. The molecule has 2 atom stereocenters. The van der Waals surface area contributed by atoms with Crippen molar-refractivity contribution in [2.45, 2.75) is 0 Å². The molecule has 4 nitrogen and oxygen atoms in total. The van der Waals surface area contributed by atoms with E-state index < -0.39 is 16.7 Å². The summed E-state index contributed by atoms with van der Waals surface area (Å²) in [6, 6.07) is 33.2. The van der Waals surface area contributed by atoms with Gasteiger partial charge in [0.25, 0.3) is 8.38 Å². The van der Waals surface area contributed by atoms with E-state index in [0.29, 0.717) is 13.2 Å². The summed E-state index contributed by atoms with van der Waals surface area (Å²) in [6.45, 7) is 1.21. The quantitative estimate of drug-likeness (QED) is 0.295. The number of fused-ring (bicyclic) bond motifs is 6. The van der Waals surface area contributed by atoms with Gasteiger partial charge in [0.05, 0.1) is 11.9 Å². The summed E-state index contributed by atoms with van der Waals surface area (Å²) in [7, 11) is -2.13. The van der Waals surface area contributed by atoms with Crippen molar-refractivity contribution in [2.75, 3.05) is 13.2 Å². The normalized spacial score (nSPS) is 17.8. The van der Waals surface area contributed by atoms with Crippen LogP contribution in [0.25, 0.3) is 22.3 Å². The molecule has 0 aliphatic carbocycles. The van der Waals surface area contributed by atoms with Gasteiger partial charge in [-0.05, 0) is 35.4 Å². The summed E-state index contributed by atoms with van der Waals surface area (Å²) >= 11 is 0. The summed E-state index contributed by atoms with van der Waals surface area (Å²) < 4.78 is 18.8. The van der Waals surface area contributed by atoms with Gasteiger partial charge in [0.2, 0.25) is 0 Å². The first kappa shape index (κ1) is 19.9. The summed E-state index contributed by atoms with van der Waals surface area (Å²) in [5.74, 6) is 1.81. The predicted molar refractivity (Wildman–Crippen MR) is 132 cm³/mol. The number of benzene rings is 4. The standard InChI is InChI=1S/C26H21NO3P2/c1-5-13-23-19(9-1)21-11-3-7-15-25(21)31(29-23)27-17-18-28-32-26-16-8-4-12-22(26)20-10-2-6-14-24(20)30-32/h1-16,27H,17-18H2. The second-order valence-corrected chi connectivity index (χ2v) is 10.5. The zero-order valence-electron chi connectivity index (χ0n) is 17.3. The molecule has 0 radical (unpaired) electrons. The Bertz CT molecular complexity index is 1180. The molecule has 0 aromatic heterocycles. The molecular formula is C26H21NO3P2. The topological polar surface area (TPSA) is 39.7 Å². The van der Waals surface area contributed by atoms with Crippen LogP contribution in [0.3, 0.4) is 0 Å². The van der Waals surface area contributed by atoms with Crippen molar-refractivity contribution in [3.05, 3.63) is 97.1 Å². The lowest BCUT2D eigenvalue weighted by molar-refractivity contribution is 0.325. The van der Waals surface area contributed by atoms with Crippen LogP contribution in [0.4, 0.5) is 0 Å². The minimum Gasteiger partial charge on any atom is -0.453 e. The molecule has 0 spiro atoms. The second-order valence-electron chi connectivity index (χ2n) is 7.50. The van der Waals surface area contributed by atoms with Gasteiger partial charge in [-0.2, -0.15) is 0 Å². The molecule has 32 heavy (non-hydrogen) atoms. The van der Waals surface area contributed by atoms with Crippen LogP contribution < -0.4 is 24.7 Å². The molecule has 0 amide bonds. The first-order valence-electron chi connectivity index (χ1n) is 10.6. The smallest absolute Gasteiger partial charge is 0.265 e. The molecule has 0 bridgehead atoms. The first-order valence-corrected chi connectivity index (χ1v) is 13.0. The second kappa shape index (κ2) is 8.65. The van der Waals surface area contributed by atoms with E-state index in [1.54, 1.807) is 0 Å². The monoisotopic (exact) mass is 457 g/mol. The third-order valence-corrected chi connectivity index (χ3v) is 8.80. The SMILES string of the molecule is c1ccc2c(c1)OP(NCCOP1Oc3ccccc3-c3ccccc31)c1ccccc1-2. The van der Waals surface area contributed by atoms with E-state index in [1.165, 1.54) is 16.4 Å². The molecule has 0 saturated carbocycles. The Labute approximate surface area is 190 Å². The Morgan fingerprint density at radius 3 is 1.84 bits per heavy atom. The van der Waals surface area contributed by atoms with Gasteiger partial charge in [0, 0.05) is 23.0 Å². The van der Waals surface area contributed by atoms with E-state index in [2.05, 4.69) is 65.8 Å². The molecular weight excluding hydrogens is 436 g/mol. The zero-order valence-corrected chi connectivity index (χ0v) is 19.1. The minimum atomic E-state index is -1.17. The van der Waals surface area contributed by atoms with E-state index >= 15 is 0 Å². The van der Waals surface area contributed by atoms with E-state index in [1.807, 2.05) is 36.4 Å². The summed E-state index contributed by atoms with van der Waals surface area (Å²) in [5, 5.41) is 5.91. The van der Waals surface area contributed by atoms with Crippen LogP contribution >= 0.6 is 16.7 Å². The van der Waals surface area contributed by atoms with Gasteiger partial charge in [-0.25, -0.2) is 0 Å². The average molecular weight is 457 g/mol. The Kier molecular flexibility index (Phi) is 5.38. The highest BCUT2D eigenvalue weighted by molar-refractivity contribution is 7.59. The molecule has 158 valence electrons. The number of nitrogens with one attached hydrogen (secondary N) is 1. The molecule has 2 unspecified atom stereocenters. The van der Waals surface area contributed by atoms with E-state index in [-0.39, 0.29) is 0 Å². The van der Waals surface area contributed by atoms with Crippen LogP contribution in [-0.2, 0) is 4.52 Å². The molecule has 4 aromatic carbocycles. The van der Waals surface area contributed by atoms with Crippen LogP contribution in [0.2, 0.25) is 0 Å². The van der Waals surface area contributed by atoms with Gasteiger partial charge in [-0.15, -0.1) is 0 Å². The number of para-hydroxylation sites is 2. The maximum Gasteiger partial charge on any atom is 0.265 e. The largest absolute Gasteiger partial charge is 0.453 e. The Morgan fingerprint density at radius 2 is 1.12 bits per heavy atom. The number of hydrogen-bond acceptors (Lipinski definition) is 4. The molecule has 6 rings (SSSR count). The predicted octanol–water partition coefficient (Wildman–Crippen LogP) is 5.99. The molecule has 2 aliphatic rings. The first-order chi connectivity index (χ1) is 15.9. The lowest BCUT2D eigenvalue weighted by Crippen LogP contribution is -2.26. The van der Waals surface area contributed by atoms with Crippen molar-refractivity contribution in [3.8, 4) is 33.8 Å². The fourth-order valence-electron chi connectivity index (χ4n) is 4.05. The van der Waals surface area contributed by atoms with Gasteiger partial charge in [0.15, 0.2) is 8.30 Å². The fraction of sp³-hybridized carbons (Fsp3) is 0.0769. The van der Waals surface area contributed by atoms with Crippen LogP contribution in [0, 0.1) is 0 Å². The summed E-state index contributed by atoms with van der Waals surface area (Å²) in [4.78, 5) is 0. The highest BCUT2D eigenvalue weighted by atomic mass is 31.2. The van der Waals surface area contributed by atoms with Crippen molar-refractivity contribution in [1.82, 2.24) is 5.09 Å². The van der Waals surface area contributed by atoms with Crippen molar-refractivity contribution < 1.29 is 13.6 Å². The van der Waals surface area contributed by atoms with Gasteiger partial charge in [0.1, 0.15) is 11.5 Å². The van der Waals surface area contributed by atoms with Crippen LogP contribution in [0.15, 0.2) is 97.1 Å². The molecule has 6 heteroatoms. The lowest BCUT2D eigenvalue weighted by Gasteiger charge is -2.29. The minimum absolute atomic E-state index is 0.536. The molecule has 0 fully saturated rings. The highest BCUT2D eigenvalue weighted by Gasteiger charge is 2.29. The molecule has 4 aromatic rings. The van der Waals surface area contributed by atoms with Gasteiger partial charge in [-0.1, -0.05) is 72.8 Å². The highest BCUT2D eigenvalue weighted by Crippen LogP contribution is 2.49. The van der Waals surface area contributed by atoms with Gasteiger partial charge >= 0.3 is 0 Å². The molecule has 2 heterocycles. The maximum absolute atomic E-state index is 6.33. The summed E-state index contributed by atoms with van der Waals surface area (Å²) in [6.07, 6.45) is 0. The van der Waals surface area contributed by atoms with Crippen molar-refractivity contribution in [3.63, 3.8) is 0 Å². The number of hydrogen-bond donors (Lipinski definition) is 1. The van der Waals surface area contributed by atoms with Crippen molar-refractivity contribution in [2.24, 2.45) is 0 Å². The van der Waals surface area contributed by atoms with Crippen molar-refractivity contribution >= 4 is 27.3 Å². The van der Waals surface area contributed by atoms with Crippen LogP contribution in [0.5, 0.6) is 11.5 Å². The maximum atomic E-state index is 6.33. The average Bonchev–Trinajstić information content (AvgIpc) is 2.86. The lowest BCUT2D eigenvalue weighted by atomic mass is 10.0. The Hall–Kier alpha value is -2.74. The van der Waals surface area contributed by atoms with Crippen LogP contribution in [-0.4, -0.2) is 13.2 Å². The third kappa shape index (κ3) is 3.60. The van der Waals surface area contributed by atoms with Gasteiger partial charge < -0.3 is 13.6 Å².